The molecule has 1 amide bonds. The zero-order valence-electron chi connectivity index (χ0n) is 12.0. The van der Waals surface area contributed by atoms with Gasteiger partial charge in [-0.25, -0.2) is 4.79 Å². The van der Waals surface area contributed by atoms with Gasteiger partial charge in [-0.3, -0.25) is 4.79 Å². The second kappa shape index (κ2) is 5.53. The Labute approximate surface area is 118 Å². The zero-order valence-corrected chi connectivity index (χ0v) is 12.0. The number of fused-ring (bicyclic) bond motifs is 1. The lowest BCUT2D eigenvalue weighted by Gasteiger charge is -2.27. The highest BCUT2D eigenvalue weighted by atomic mass is 16.4. The molecular formula is C15H20N2O3. The molecule has 2 rings (SSSR count). The standard InChI is InChI=1S/C15H20N2O3/c1-9(2)16-14(18)10(3)17-7-6-11-4-5-12(15(19)20)8-13(11)17/h4-5,8-10H,6-7H2,1-3H3,(H,16,18)(H,19,20). The molecule has 0 aromatic heterocycles. The van der Waals surface area contributed by atoms with Gasteiger partial charge in [0.15, 0.2) is 0 Å². The van der Waals surface area contributed by atoms with Gasteiger partial charge in [0.2, 0.25) is 5.91 Å². The van der Waals surface area contributed by atoms with Crippen molar-refractivity contribution in [3.05, 3.63) is 29.3 Å². The summed E-state index contributed by atoms with van der Waals surface area (Å²) in [5.41, 5.74) is 2.21. The molecule has 1 unspecified atom stereocenters. The molecule has 5 nitrogen and oxygen atoms in total. The SMILES string of the molecule is CC(C)NC(=O)C(C)N1CCc2ccc(C(=O)O)cc21. The number of hydrogen-bond donors (Lipinski definition) is 2. The molecule has 0 bridgehead atoms. The Bertz CT molecular complexity index is 540. The minimum absolute atomic E-state index is 0.0337. The highest BCUT2D eigenvalue weighted by Crippen LogP contribution is 2.30. The molecule has 0 saturated heterocycles. The van der Waals surface area contributed by atoms with E-state index in [-0.39, 0.29) is 23.6 Å². The fourth-order valence-corrected chi connectivity index (χ4v) is 2.49. The van der Waals surface area contributed by atoms with Gasteiger partial charge in [0, 0.05) is 18.3 Å². The van der Waals surface area contributed by atoms with Gasteiger partial charge in [-0.1, -0.05) is 6.07 Å². The third-order valence-corrected chi connectivity index (χ3v) is 3.54. The lowest BCUT2D eigenvalue weighted by Crippen LogP contribution is -2.46. The van der Waals surface area contributed by atoms with Crippen LogP contribution in [0.2, 0.25) is 0 Å². The number of carbonyl (C=O) groups excluding carboxylic acids is 1. The summed E-state index contributed by atoms with van der Waals surface area (Å²) in [6, 6.07) is 4.90. The number of amides is 1. The van der Waals surface area contributed by atoms with Crippen LogP contribution in [0.15, 0.2) is 18.2 Å². The first-order chi connectivity index (χ1) is 9.40. The number of carboxylic acids is 1. The van der Waals surface area contributed by atoms with Gasteiger partial charge in [-0.05, 0) is 44.9 Å². The summed E-state index contributed by atoms with van der Waals surface area (Å²) in [7, 11) is 0. The Hall–Kier alpha value is -2.04. The highest BCUT2D eigenvalue weighted by molar-refractivity contribution is 5.91. The molecule has 1 aromatic carbocycles. The number of carboxylic acid groups (broad SMARTS) is 1. The highest BCUT2D eigenvalue weighted by Gasteiger charge is 2.28. The Kier molecular flexibility index (Phi) is 3.97. The lowest BCUT2D eigenvalue weighted by atomic mass is 10.1. The van der Waals surface area contributed by atoms with E-state index in [0.717, 1.165) is 24.2 Å². The largest absolute Gasteiger partial charge is 0.478 e. The fraction of sp³-hybridized carbons (Fsp3) is 0.467. The van der Waals surface area contributed by atoms with Crippen molar-refractivity contribution in [2.75, 3.05) is 11.4 Å². The molecule has 108 valence electrons. The van der Waals surface area contributed by atoms with Crippen LogP contribution in [-0.4, -0.2) is 35.6 Å². The molecule has 0 aliphatic carbocycles. The van der Waals surface area contributed by atoms with Crippen molar-refractivity contribution in [2.45, 2.75) is 39.3 Å². The Balaban J connectivity index is 2.24. The van der Waals surface area contributed by atoms with Gasteiger partial charge in [0.25, 0.3) is 0 Å². The zero-order chi connectivity index (χ0) is 14.9. The van der Waals surface area contributed by atoms with E-state index < -0.39 is 5.97 Å². The number of nitrogens with zero attached hydrogens (tertiary/aromatic N) is 1. The maximum Gasteiger partial charge on any atom is 0.335 e. The number of benzene rings is 1. The van der Waals surface area contributed by atoms with Crippen LogP contribution in [-0.2, 0) is 11.2 Å². The third-order valence-electron chi connectivity index (χ3n) is 3.54. The van der Waals surface area contributed by atoms with Gasteiger partial charge in [0.1, 0.15) is 6.04 Å². The van der Waals surface area contributed by atoms with E-state index in [1.807, 2.05) is 31.7 Å². The predicted molar refractivity (Wildman–Crippen MR) is 77.2 cm³/mol. The van der Waals surface area contributed by atoms with Gasteiger partial charge in [-0.15, -0.1) is 0 Å². The summed E-state index contributed by atoms with van der Waals surface area (Å²) in [6.45, 7) is 6.43. The molecule has 0 radical (unpaired) electrons. The predicted octanol–water partition coefficient (Wildman–Crippen LogP) is 1.66. The average molecular weight is 276 g/mol. The molecule has 5 heteroatoms. The molecule has 1 aliphatic rings. The van der Waals surface area contributed by atoms with E-state index in [2.05, 4.69) is 5.32 Å². The molecule has 1 heterocycles. The molecule has 1 aliphatic heterocycles. The van der Waals surface area contributed by atoms with Crippen LogP contribution in [0.1, 0.15) is 36.7 Å². The Morgan fingerprint density at radius 3 is 2.60 bits per heavy atom. The van der Waals surface area contributed by atoms with Crippen LogP contribution in [0.3, 0.4) is 0 Å². The first kappa shape index (κ1) is 14.4. The van der Waals surface area contributed by atoms with E-state index in [0.29, 0.717) is 0 Å². The lowest BCUT2D eigenvalue weighted by molar-refractivity contribution is -0.122. The maximum absolute atomic E-state index is 12.1. The number of aromatic carboxylic acids is 1. The van der Waals surface area contributed by atoms with Crippen LogP contribution >= 0.6 is 0 Å². The van der Waals surface area contributed by atoms with Crippen LogP contribution in [0.4, 0.5) is 5.69 Å². The van der Waals surface area contributed by atoms with E-state index >= 15 is 0 Å². The van der Waals surface area contributed by atoms with Crippen molar-refractivity contribution in [1.29, 1.82) is 0 Å². The van der Waals surface area contributed by atoms with Crippen LogP contribution in [0, 0.1) is 0 Å². The Morgan fingerprint density at radius 2 is 2.00 bits per heavy atom. The first-order valence-corrected chi connectivity index (χ1v) is 6.83. The number of rotatable bonds is 4. The van der Waals surface area contributed by atoms with E-state index in [1.54, 1.807) is 12.1 Å². The van der Waals surface area contributed by atoms with Crippen molar-refractivity contribution in [1.82, 2.24) is 5.32 Å². The minimum Gasteiger partial charge on any atom is -0.478 e. The quantitative estimate of drug-likeness (QED) is 0.877. The molecular weight excluding hydrogens is 256 g/mol. The van der Waals surface area contributed by atoms with Gasteiger partial charge in [-0.2, -0.15) is 0 Å². The van der Waals surface area contributed by atoms with Crippen molar-refractivity contribution in [3.8, 4) is 0 Å². The van der Waals surface area contributed by atoms with Gasteiger partial charge in [0.05, 0.1) is 5.56 Å². The fourth-order valence-electron chi connectivity index (χ4n) is 2.49. The summed E-state index contributed by atoms with van der Waals surface area (Å²) in [5, 5.41) is 12.0. The smallest absolute Gasteiger partial charge is 0.335 e. The molecule has 2 N–H and O–H groups in total. The summed E-state index contributed by atoms with van der Waals surface area (Å²) in [4.78, 5) is 25.1. The third kappa shape index (κ3) is 2.76. The molecule has 0 spiro atoms. The normalized spacial score (nSPS) is 15.1. The van der Waals surface area contributed by atoms with Crippen molar-refractivity contribution in [3.63, 3.8) is 0 Å². The summed E-state index contributed by atoms with van der Waals surface area (Å²) >= 11 is 0. The van der Waals surface area contributed by atoms with Gasteiger partial charge >= 0.3 is 5.97 Å². The van der Waals surface area contributed by atoms with Crippen molar-refractivity contribution < 1.29 is 14.7 Å². The van der Waals surface area contributed by atoms with Crippen molar-refractivity contribution >= 4 is 17.6 Å². The van der Waals surface area contributed by atoms with E-state index in [4.69, 9.17) is 5.11 Å². The molecule has 0 fully saturated rings. The summed E-state index contributed by atoms with van der Waals surface area (Å²) in [6.07, 6.45) is 0.842. The molecule has 1 atom stereocenters. The molecule has 20 heavy (non-hydrogen) atoms. The summed E-state index contributed by atoms with van der Waals surface area (Å²) < 4.78 is 0. The van der Waals surface area contributed by atoms with E-state index in [9.17, 15) is 9.59 Å². The number of carbonyl (C=O) groups is 2. The minimum atomic E-state index is -0.945. The second-order valence-electron chi connectivity index (χ2n) is 5.43. The number of hydrogen-bond acceptors (Lipinski definition) is 3. The maximum atomic E-state index is 12.1. The summed E-state index contributed by atoms with van der Waals surface area (Å²) in [5.74, 6) is -0.979. The van der Waals surface area contributed by atoms with Crippen LogP contribution in [0.5, 0.6) is 0 Å². The van der Waals surface area contributed by atoms with Crippen LogP contribution < -0.4 is 10.2 Å². The van der Waals surface area contributed by atoms with E-state index in [1.165, 1.54) is 0 Å². The van der Waals surface area contributed by atoms with Crippen LogP contribution in [0.25, 0.3) is 0 Å². The van der Waals surface area contributed by atoms with Crippen molar-refractivity contribution in [2.24, 2.45) is 0 Å². The number of anilines is 1. The Morgan fingerprint density at radius 1 is 1.30 bits per heavy atom. The van der Waals surface area contributed by atoms with Gasteiger partial charge < -0.3 is 15.3 Å². The number of nitrogens with one attached hydrogen (secondary N) is 1. The average Bonchev–Trinajstić information content (AvgIpc) is 2.79. The second-order valence-corrected chi connectivity index (χ2v) is 5.43. The topological polar surface area (TPSA) is 69.6 Å². The first-order valence-electron chi connectivity index (χ1n) is 6.83. The molecule has 0 saturated carbocycles. The molecule has 1 aromatic rings. The monoisotopic (exact) mass is 276 g/mol.